The molecule has 2 aromatic carbocycles. The van der Waals surface area contributed by atoms with E-state index < -0.39 is 16.1 Å². The predicted octanol–water partition coefficient (Wildman–Crippen LogP) is 3.77. The van der Waals surface area contributed by atoms with E-state index in [9.17, 15) is 19.7 Å². The lowest BCUT2D eigenvalue weighted by Gasteiger charge is -2.00. The highest BCUT2D eigenvalue weighted by molar-refractivity contribution is 8.18. The fourth-order valence-electron chi connectivity index (χ4n) is 2.73. The number of hydrogen-bond donors (Lipinski definition) is 1. The van der Waals surface area contributed by atoms with Gasteiger partial charge in [0.15, 0.2) is 0 Å². The minimum absolute atomic E-state index is 0.0255. The number of thioether (sulfide) groups is 1. The van der Waals surface area contributed by atoms with Crippen molar-refractivity contribution < 1.29 is 14.5 Å². The van der Waals surface area contributed by atoms with E-state index in [1.54, 1.807) is 29.1 Å². The van der Waals surface area contributed by atoms with Crippen LogP contribution in [0.4, 0.5) is 10.5 Å². The number of non-ortho nitro benzene ring substituents is 1. The van der Waals surface area contributed by atoms with Crippen LogP contribution in [0.3, 0.4) is 0 Å². The molecule has 3 aromatic rings. The largest absolute Gasteiger partial charge is 0.290 e. The summed E-state index contributed by atoms with van der Waals surface area (Å²) in [6.07, 6.45) is 3.34. The molecule has 0 radical (unpaired) electrons. The number of aromatic nitrogens is 2. The second kappa shape index (κ2) is 7.12. The Balaban J connectivity index is 1.82. The van der Waals surface area contributed by atoms with Crippen molar-refractivity contribution in [2.45, 2.75) is 0 Å². The third kappa shape index (κ3) is 3.42. The fraction of sp³-hybridized carbons (Fsp3) is 0. The number of hydrogen-bond acceptors (Lipinski definition) is 6. The van der Waals surface area contributed by atoms with Crippen LogP contribution in [0, 0.1) is 10.1 Å². The van der Waals surface area contributed by atoms with E-state index in [2.05, 4.69) is 10.4 Å². The zero-order chi connectivity index (χ0) is 19.7. The number of carbonyl (C=O) groups excluding carboxylic acids is 2. The number of carbonyl (C=O) groups is 2. The first-order valence-electron chi connectivity index (χ1n) is 8.16. The van der Waals surface area contributed by atoms with Crippen LogP contribution < -0.4 is 5.32 Å². The van der Waals surface area contributed by atoms with Gasteiger partial charge >= 0.3 is 0 Å². The Labute approximate surface area is 163 Å². The Morgan fingerprint density at radius 1 is 1.07 bits per heavy atom. The van der Waals surface area contributed by atoms with Crippen molar-refractivity contribution in [2.75, 3.05) is 0 Å². The number of amides is 2. The van der Waals surface area contributed by atoms with Crippen LogP contribution in [-0.2, 0) is 4.79 Å². The molecule has 0 atom stereocenters. The maximum absolute atomic E-state index is 11.9. The molecule has 1 saturated heterocycles. The third-order valence-corrected chi connectivity index (χ3v) is 4.85. The summed E-state index contributed by atoms with van der Waals surface area (Å²) in [5.74, 6) is -0.461. The Morgan fingerprint density at radius 2 is 1.79 bits per heavy atom. The molecule has 4 rings (SSSR count). The van der Waals surface area contributed by atoms with Gasteiger partial charge in [-0.15, -0.1) is 0 Å². The number of nitrogens with one attached hydrogen (secondary N) is 1. The van der Waals surface area contributed by atoms with E-state index in [0.29, 0.717) is 16.8 Å². The average molecular weight is 392 g/mol. The molecule has 28 heavy (non-hydrogen) atoms. The highest BCUT2D eigenvalue weighted by Crippen LogP contribution is 2.31. The molecule has 8 nitrogen and oxygen atoms in total. The van der Waals surface area contributed by atoms with Crippen molar-refractivity contribution in [3.05, 3.63) is 81.4 Å². The second-order valence-electron chi connectivity index (χ2n) is 5.87. The lowest BCUT2D eigenvalue weighted by molar-refractivity contribution is -0.384. The minimum Gasteiger partial charge on any atom is -0.282 e. The predicted molar refractivity (Wildman–Crippen MR) is 105 cm³/mol. The number of imide groups is 1. The van der Waals surface area contributed by atoms with Gasteiger partial charge in [0, 0.05) is 29.5 Å². The van der Waals surface area contributed by atoms with Crippen LogP contribution in [0.1, 0.15) is 5.56 Å². The van der Waals surface area contributed by atoms with Gasteiger partial charge in [0.1, 0.15) is 0 Å². The van der Waals surface area contributed by atoms with Crippen LogP contribution >= 0.6 is 11.8 Å². The molecule has 0 saturated carbocycles. The van der Waals surface area contributed by atoms with Crippen molar-refractivity contribution in [1.29, 1.82) is 0 Å². The molecule has 9 heteroatoms. The number of nitro groups is 1. The topological polar surface area (TPSA) is 107 Å². The number of para-hydroxylation sites is 1. The molecule has 1 aromatic heterocycles. The molecule has 1 aliphatic heterocycles. The summed E-state index contributed by atoms with van der Waals surface area (Å²) in [5.41, 5.74) is 2.60. The van der Waals surface area contributed by atoms with Crippen molar-refractivity contribution >= 4 is 34.7 Å². The summed E-state index contributed by atoms with van der Waals surface area (Å²) < 4.78 is 1.66. The summed E-state index contributed by atoms with van der Waals surface area (Å²) in [4.78, 5) is 34.0. The molecule has 138 valence electrons. The minimum atomic E-state index is -0.472. The van der Waals surface area contributed by atoms with Gasteiger partial charge < -0.3 is 0 Å². The molecule has 1 N–H and O–H groups in total. The highest BCUT2D eigenvalue weighted by Gasteiger charge is 2.26. The first kappa shape index (κ1) is 17.7. The van der Waals surface area contributed by atoms with E-state index in [-0.39, 0.29) is 10.6 Å². The van der Waals surface area contributed by atoms with Crippen LogP contribution in [-0.4, -0.2) is 25.9 Å². The Hall–Kier alpha value is -3.72. The molecule has 0 spiro atoms. The second-order valence-corrected chi connectivity index (χ2v) is 6.88. The quantitative estimate of drug-likeness (QED) is 0.411. The number of benzene rings is 2. The van der Waals surface area contributed by atoms with Crippen molar-refractivity contribution in [3.63, 3.8) is 0 Å². The molecule has 2 heterocycles. The zero-order valence-corrected chi connectivity index (χ0v) is 15.1. The molecule has 2 amide bonds. The Morgan fingerprint density at radius 3 is 2.39 bits per heavy atom. The molecule has 0 aliphatic carbocycles. The smallest absolute Gasteiger partial charge is 0.282 e. The van der Waals surface area contributed by atoms with Crippen molar-refractivity contribution in [2.24, 2.45) is 0 Å². The van der Waals surface area contributed by atoms with Gasteiger partial charge in [0.25, 0.3) is 16.8 Å². The van der Waals surface area contributed by atoms with E-state index in [0.717, 1.165) is 17.4 Å². The van der Waals surface area contributed by atoms with E-state index in [1.165, 1.54) is 12.1 Å². The third-order valence-electron chi connectivity index (χ3n) is 4.04. The zero-order valence-electron chi connectivity index (χ0n) is 14.2. The molecular weight excluding hydrogens is 380 g/mol. The van der Waals surface area contributed by atoms with E-state index in [1.807, 2.05) is 30.3 Å². The normalized spacial score (nSPS) is 15.1. The highest BCUT2D eigenvalue weighted by atomic mass is 32.2. The maximum atomic E-state index is 11.9. The monoisotopic (exact) mass is 392 g/mol. The Bertz CT molecular complexity index is 1120. The van der Waals surface area contributed by atoms with Crippen LogP contribution in [0.5, 0.6) is 0 Å². The molecule has 0 bridgehead atoms. The first-order valence-corrected chi connectivity index (χ1v) is 8.98. The summed E-state index contributed by atoms with van der Waals surface area (Å²) in [5, 5.41) is 17.3. The first-order chi connectivity index (χ1) is 13.5. The lowest BCUT2D eigenvalue weighted by Crippen LogP contribution is -2.17. The van der Waals surface area contributed by atoms with E-state index >= 15 is 0 Å². The number of nitrogens with zero attached hydrogens (tertiary/aromatic N) is 3. The Kier molecular flexibility index (Phi) is 4.50. The number of nitro benzene ring substituents is 1. The fourth-order valence-corrected chi connectivity index (χ4v) is 3.41. The van der Waals surface area contributed by atoms with Crippen LogP contribution in [0.15, 0.2) is 65.7 Å². The van der Waals surface area contributed by atoms with Gasteiger partial charge in [-0.25, -0.2) is 4.68 Å². The van der Waals surface area contributed by atoms with Crippen LogP contribution in [0.2, 0.25) is 0 Å². The van der Waals surface area contributed by atoms with Crippen molar-refractivity contribution in [3.8, 4) is 16.9 Å². The SMILES string of the molecule is O=C1NC(=O)/C(=C/c2cn(-c3ccccc3)nc2-c2ccc([N+](=O)[O-])cc2)S1. The maximum Gasteiger partial charge on any atom is 0.290 e. The van der Waals surface area contributed by atoms with Gasteiger partial charge in [-0.1, -0.05) is 18.2 Å². The standard InChI is InChI=1S/C19H12N4O4S/c24-18-16(28-19(25)20-18)10-13-11-22(14-4-2-1-3-5-14)21-17(13)12-6-8-15(9-7-12)23(26)27/h1-11H,(H,20,24,25)/b16-10-. The van der Waals surface area contributed by atoms with E-state index in [4.69, 9.17) is 0 Å². The van der Waals surface area contributed by atoms with Gasteiger partial charge in [0.2, 0.25) is 0 Å². The summed E-state index contributed by atoms with van der Waals surface area (Å²) in [6.45, 7) is 0. The summed E-state index contributed by atoms with van der Waals surface area (Å²) in [6, 6.07) is 15.4. The summed E-state index contributed by atoms with van der Waals surface area (Å²) in [7, 11) is 0. The van der Waals surface area contributed by atoms with Gasteiger partial charge in [-0.05, 0) is 42.1 Å². The van der Waals surface area contributed by atoms with Gasteiger partial charge in [-0.3, -0.25) is 25.0 Å². The molecular formula is C19H12N4O4S. The number of rotatable bonds is 4. The molecule has 1 aliphatic rings. The summed E-state index contributed by atoms with van der Waals surface area (Å²) >= 11 is 0.819. The van der Waals surface area contributed by atoms with Gasteiger partial charge in [-0.2, -0.15) is 5.10 Å². The average Bonchev–Trinajstić information content (AvgIpc) is 3.25. The van der Waals surface area contributed by atoms with Crippen molar-refractivity contribution in [1.82, 2.24) is 15.1 Å². The lowest BCUT2D eigenvalue weighted by atomic mass is 10.1. The molecule has 0 unspecified atom stereocenters. The molecule has 1 fully saturated rings. The van der Waals surface area contributed by atoms with Crippen LogP contribution in [0.25, 0.3) is 23.0 Å². The van der Waals surface area contributed by atoms with Gasteiger partial charge in [0.05, 0.1) is 21.2 Å².